The molecule has 0 unspecified atom stereocenters. The van der Waals surface area contributed by atoms with Crippen molar-refractivity contribution < 1.29 is 14.4 Å². The second kappa shape index (κ2) is 9.49. The van der Waals surface area contributed by atoms with Crippen LogP contribution < -0.4 is 15.5 Å². The summed E-state index contributed by atoms with van der Waals surface area (Å²) in [6.07, 6.45) is 0. The van der Waals surface area contributed by atoms with Gasteiger partial charge in [-0.05, 0) is 41.5 Å². The van der Waals surface area contributed by atoms with Crippen LogP contribution in [0, 0.1) is 0 Å². The summed E-state index contributed by atoms with van der Waals surface area (Å²) in [7, 11) is 0. The van der Waals surface area contributed by atoms with Gasteiger partial charge in [0.15, 0.2) is 0 Å². The first kappa shape index (κ1) is 21.9. The number of imide groups is 1. The van der Waals surface area contributed by atoms with Crippen LogP contribution in [0.2, 0.25) is 0 Å². The van der Waals surface area contributed by atoms with Gasteiger partial charge in [-0.2, -0.15) is 0 Å². The SMILES string of the molecule is O=C(NCc1ccccc1CN1CCN(c2ccccc2)CC1)c1ccc2c(c1)C(=O)NC2=O. The van der Waals surface area contributed by atoms with Crippen LogP contribution >= 0.6 is 0 Å². The molecule has 2 aliphatic rings. The number of rotatable bonds is 6. The molecule has 0 atom stereocenters. The predicted molar refractivity (Wildman–Crippen MR) is 130 cm³/mol. The third-order valence-corrected chi connectivity index (χ3v) is 6.44. The minimum atomic E-state index is -0.465. The largest absolute Gasteiger partial charge is 0.369 e. The summed E-state index contributed by atoms with van der Waals surface area (Å²) in [6.45, 7) is 5.14. The second-order valence-corrected chi connectivity index (χ2v) is 8.59. The Bertz CT molecular complexity index is 1230. The number of hydrogen-bond acceptors (Lipinski definition) is 5. The Morgan fingerprint density at radius 3 is 2.24 bits per heavy atom. The third kappa shape index (κ3) is 4.56. The van der Waals surface area contributed by atoms with Crippen LogP contribution in [0.25, 0.3) is 0 Å². The second-order valence-electron chi connectivity index (χ2n) is 8.59. The number of nitrogens with one attached hydrogen (secondary N) is 2. The highest BCUT2D eigenvalue weighted by atomic mass is 16.2. The summed E-state index contributed by atoms with van der Waals surface area (Å²) in [4.78, 5) is 41.2. The van der Waals surface area contributed by atoms with Crippen LogP contribution in [0.5, 0.6) is 0 Å². The molecular formula is C27H26N4O3. The number of carbonyl (C=O) groups is 3. The van der Waals surface area contributed by atoms with E-state index in [0.717, 1.165) is 38.3 Å². The minimum Gasteiger partial charge on any atom is -0.369 e. The van der Waals surface area contributed by atoms with Gasteiger partial charge in [0, 0.05) is 50.5 Å². The quantitative estimate of drug-likeness (QED) is 0.560. The van der Waals surface area contributed by atoms with Crippen molar-refractivity contribution in [3.05, 3.63) is 101 Å². The average molecular weight is 455 g/mol. The van der Waals surface area contributed by atoms with E-state index in [9.17, 15) is 14.4 Å². The fourth-order valence-electron chi connectivity index (χ4n) is 4.51. The highest BCUT2D eigenvalue weighted by Gasteiger charge is 2.27. The van der Waals surface area contributed by atoms with E-state index in [1.807, 2.05) is 24.3 Å². The van der Waals surface area contributed by atoms with Gasteiger partial charge in [-0.25, -0.2) is 0 Å². The van der Waals surface area contributed by atoms with Crippen LogP contribution in [-0.2, 0) is 13.1 Å². The summed E-state index contributed by atoms with van der Waals surface area (Å²) < 4.78 is 0. The molecule has 172 valence electrons. The van der Waals surface area contributed by atoms with Crippen molar-refractivity contribution in [1.29, 1.82) is 0 Å². The number of anilines is 1. The summed E-state index contributed by atoms with van der Waals surface area (Å²) >= 11 is 0. The Balaban J connectivity index is 1.20. The van der Waals surface area contributed by atoms with Crippen molar-refractivity contribution in [2.24, 2.45) is 0 Å². The van der Waals surface area contributed by atoms with E-state index in [-0.39, 0.29) is 11.5 Å². The Morgan fingerprint density at radius 1 is 0.794 bits per heavy atom. The lowest BCUT2D eigenvalue weighted by atomic mass is 10.0. The van der Waals surface area contributed by atoms with Crippen molar-refractivity contribution in [2.45, 2.75) is 13.1 Å². The molecule has 2 aliphatic heterocycles. The van der Waals surface area contributed by atoms with Crippen molar-refractivity contribution in [2.75, 3.05) is 31.1 Å². The molecule has 0 bridgehead atoms. The zero-order valence-corrected chi connectivity index (χ0v) is 18.8. The van der Waals surface area contributed by atoms with E-state index in [4.69, 9.17) is 0 Å². The predicted octanol–water partition coefficient (Wildman–Crippen LogP) is 2.82. The number of hydrogen-bond donors (Lipinski definition) is 2. The molecule has 3 aromatic rings. The number of piperazine rings is 1. The number of carbonyl (C=O) groups excluding carboxylic acids is 3. The van der Waals surface area contributed by atoms with Crippen LogP contribution in [-0.4, -0.2) is 48.8 Å². The van der Waals surface area contributed by atoms with Gasteiger partial charge < -0.3 is 10.2 Å². The molecule has 3 amide bonds. The molecular weight excluding hydrogens is 428 g/mol. The topological polar surface area (TPSA) is 81.8 Å². The summed E-state index contributed by atoms with van der Waals surface area (Å²) in [5.41, 5.74) is 4.43. The Morgan fingerprint density at radius 2 is 1.47 bits per heavy atom. The first-order valence-corrected chi connectivity index (χ1v) is 11.5. The van der Waals surface area contributed by atoms with Crippen LogP contribution in [0.1, 0.15) is 42.2 Å². The Labute approximate surface area is 198 Å². The van der Waals surface area contributed by atoms with E-state index < -0.39 is 11.8 Å². The molecule has 0 spiro atoms. The standard InChI is InChI=1S/C27H26N4O3/c32-25(19-10-11-23-24(16-19)27(34)29-26(23)33)28-17-20-6-4-5-7-21(20)18-30-12-14-31(15-13-30)22-8-2-1-3-9-22/h1-11,16H,12-15,17-18H2,(H,28,32)(H,29,33,34). The lowest BCUT2D eigenvalue weighted by molar-refractivity contribution is 0.0878. The maximum atomic E-state index is 12.7. The normalized spacial score (nSPS) is 15.7. The molecule has 7 nitrogen and oxygen atoms in total. The summed E-state index contributed by atoms with van der Waals surface area (Å²) in [5, 5.41) is 5.20. The first-order chi connectivity index (χ1) is 16.6. The van der Waals surface area contributed by atoms with Gasteiger partial charge in [-0.3, -0.25) is 24.6 Å². The van der Waals surface area contributed by atoms with Crippen molar-refractivity contribution in [3.8, 4) is 0 Å². The van der Waals surface area contributed by atoms with Gasteiger partial charge in [0.1, 0.15) is 0 Å². The molecule has 7 heteroatoms. The lowest BCUT2D eigenvalue weighted by Gasteiger charge is -2.36. The van der Waals surface area contributed by atoms with Crippen LogP contribution in [0.15, 0.2) is 72.8 Å². The Kier molecular flexibility index (Phi) is 6.10. The van der Waals surface area contributed by atoms with Crippen molar-refractivity contribution in [3.63, 3.8) is 0 Å². The lowest BCUT2D eigenvalue weighted by Crippen LogP contribution is -2.46. The molecule has 1 saturated heterocycles. The fraction of sp³-hybridized carbons (Fsp3) is 0.222. The molecule has 0 radical (unpaired) electrons. The van der Waals surface area contributed by atoms with Crippen LogP contribution in [0.4, 0.5) is 5.69 Å². The number of fused-ring (bicyclic) bond motifs is 1. The molecule has 34 heavy (non-hydrogen) atoms. The van der Waals surface area contributed by atoms with Crippen molar-refractivity contribution >= 4 is 23.4 Å². The van der Waals surface area contributed by atoms with Gasteiger partial charge >= 0.3 is 0 Å². The highest BCUT2D eigenvalue weighted by Crippen LogP contribution is 2.19. The molecule has 0 aromatic heterocycles. The fourth-order valence-corrected chi connectivity index (χ4v) is 4.51. The van der Waals surface area contributed by atoms with E-state index in [0.29, 0.717) is 17.7 Å². The molecule has 0 saturated carbocycles. The summed E-state index contributed by atoms with van der Waals surface area (Å²) in [5.74, 6) is -1.17. The van der Waals surface area contributed by atoms with Gasteiger partial charge in [0.25, 0.3) is 17.7 Å². The van der Waals surface area contributed by atoms with E-state index >= 15 is 0 Å². The maximum absolute atomic E-state index is 12.7. The number of benzene rings is 3. The molecule has 5 rings (SSSR count). The summed E-state index contributed by atoms with van der Waals surface area (Å²) in [6, 6.07) is 23.2. The average Bonchev–Trinajstić information content (AvgIpc) is 3.17. The molecule has 0 aliphatic carbocycles. The first-order valence-electron chi connectivity index (χ1n) is 11.5. The maximum Gasteiger partial charge on any atom is 0.258 e. The number of para-hydroxylation sites is 1. The molecule has 1 fully saturated rings. The van der Waals surface area contributed by atoms with Gasteiger partial charge in [0.2, 0.25) is 0 Å². The molecule has 2 heterocycles. The molecule has 3 aromatic carbocycles. The third-order valence-electron chi connectivity index (χ3n) is 6.44. The van der Waals surface area contributed by atoms with Gasteiger partial charge in [-0.1, -0.05) is 42.5 Å². The minimum absolute atomic E-state index is 0.243. The monoisotopic (exact) mass is 454 g/mol. The molecule has 2 N–H and O–H groups in total. The smallest absolute Gasteiger partial charge is 0.258 e. The highest BCUT2D eigenvalue weighted by molar-refractivity contribution is 6.22. The Hall–Kier alpha value is -3.97. The van der Waals surface area contributed by atoms with Gasteiger partial charge in [-0.15, -0.1) is 0 Å². The van der Waals surface area contributed by atoms with Gasteiger partial charge in [0.05, 0.1) is 11.1 Å². The zero-order chi connectivity index (χ0) is 23.5. The zero-order valence-electron chi connectivity index (χ0n) is 18.8. The van der Waals surface area contributed by atoms with Crippen molar-refractivity contribution in [1.82, 2.24) is 15.5 Å². The van der Waals surface area contributed by atoms with E-state index in [1.165, 1.54) is 23.4 Å². The number of nitrogens with zero attached hydrogens (tertiary/aromatic N) is 2. The number of amides is 3. The van der Waals surface area contributed by atoms with Crippen LogP contribution in [0.3, 0.4) is 0 Å². The van der Waals surface area contributed by atoms with E-state index in [1.54, 1.807) is 6.07 Å². The van der Waals surface area contributed by atoms with E-state index in [2.05, 4.69) is 50.8 Å².